The number of hydrogen-bond acceptors (Lipinski definition) is 3. The van der Waals surface area contributed by atoms with Crippen LogP contribution in [0.25, 0.3) is 0 Å². The lowest BCUT2D eigenvalue weighted by Crippen LogP contribution is -2.16. The number of amides is 1. The molecular weight excluding hydrogens is 254 g/mol. The Morgan fingerprint density at radius 3 is 2.75 bits per heavy atom. The highest BCUT2D eigenvalue weighted by Gasteiger charge is 2.19. The Hall–Kier alpha value is -1.71. The van der Waals surface area contributed by atoms with Crippen molar-refractivity contribution in [2.24, 2.45) is 5.92 Å². The van der Waals surface area contributed by atoms with Crippen LogP contribution >= 0.6 is 0 Å². The highest BCUT2D eigenvalue weighted by Crippen LogP contribution is 2.31. The van der Waals surface area contributed by atoms with Crippen LogP contribution in [0, 0.1) is 5.92 Å². The third kappa shape index (κ3) is 3.89. The van der Waals surface area contributed by atoms with Gasteiger partial charge in [-0.25, -0.2) is 0 Å². The number of carbonyl (C=O) groups excluding carboxylic acids is 1. The maximum Gasteiger partial charge on any atom is 0.224 e. The van der Waals surface area contributed by atoms with Gasteiger partial charge in [-0.1, -0.05) is 12.8 Å². The predicted octanol–water partition coefficient (Wildman–Crippen LogP) is 3.61. The van der Waals surface area contributed by atoms with E-state index in [0.29, 0.717) is 36.1 Å². The largest absolute Gasteiger partial charge is 0.497 e. The molecule has 110 valence electrons. The monoisotopic (exact) mass is 277 g/mol. The van der Waals surface area contributed by atoms with Crippen molar-refractivity contribution in [1.82, 2.24) is 0 Å². The summed E-state index contributed by atoms with van der Waals surface area (Å²) in [5, 5.41) is 2.95. The van der Waals surface area contributed by atoms with Crippen molar-refractivity contribution >= 4 is 11.6 Å². The third-order valence-electron chi connectivity index (χ3n) is 3.71. The first-order chi connectivity index (χ1) is 9.72. The Morgan fingerprint density at radius 1 is 1.35 bits per heavy atom. The van der Waals surface area contributed by atoms with Crippen LogP contribution in [0.4, 0.5) is 5.69 Å². The zero-order valence-electron chi connectivity index (χ0n) is 12.3. The van der Waals surface area contributed by atoms with E-state index in [4.69, 9.17) is 9.47 Å². The van der Waals surface area contributed by atoms with Crippen molar-refractivity contribution in [3.05, 3.63) is 18.2 Å². The molecule has 1 aromatic carbocycles. The van der Waals surface area contributed by atoms with Gasteiger partial charge < -0.3 is 14.8 Å². The number of hydrogen-bond donors (Lipinski definition) is 1. The Kier molecular flexibility index (Phi) is 5.27. The quantitative estimate of drug-likeness (QED) is 0.864. The Morgan fingerprint density at radius 2 is 2.10 bits per heavy atom. The predicted molar refractivity (Wildman–Crippen MR) is 79.4 cm³/mol. The van der Waals surface area contributed by atoms with Gasteiger partial charge in [-0.2, -0.15) is 0 Å². The molecule has 2 rings (SSSR count). The second-order valence-corrected chi connectivity index (χ2v) is 5.20. The van der Waals surface area contributed by atoms with E-state index >= 15 is 0 Å². The van der Waals surface area contributed by atoms with Gasteiger partial charge in [0.15, 0.2) is 0 Å². The van der Waals surface area contributed by atoms with Crippen LogP contribution in [-0.2, 0) is 4.79 Å². The van der Waals surface area contributed by atoms with Crippen LogP contribution in [-0.4, -0.2) is 19.6 Å². The van der Waals surface area contributed by atoms with Crippen molar-refractivity contribution in [3.63, 3.8) is 0 Å². The van der Waals surface area contributed by atoms with Gasteiger partial charge in [-0.3, -0.25) is 4.79 Å². The maximum absolute atomic E-state index is 12.1. The summed E-state index contributed by atoms with van der Waals surface area (Å²) < 4.78 is 10.7. The summed E-state index contributed by atoms with van der Waals surface area (Å²) in [4.78, 5) is 12.1. The van der Waals surface area contributed by atoms with E-state index in [2.05, 4.69) is 5.32 Å². The molecule has 1 saturated carbocycles. The standard InChI is InChI=1S/C16H23NO3/c1-3-20-15-9-8-13(19-2)11-14(15)17-16(18)10-12-6-4-5-7-12/h8-9,11-12H,3-7,10H2,1-2H3,(H,17,18). The summed E-state index contributed by atoms with van der Waals surface area (Å²) in [5.41, 5.74) is 0.689. The fraction of sp³-hybridized carbons (Fsp3) is 0.562. The molecule has 0 atom stereocenters. The summed E-state index contributed by atoms with van der Waals surface area (Å²) in [6.07, 6.45) is 5.44. The topological polar surface area (TPSA) is 47.6 Å². The molecule has 0 unspecified atom stereocenters. The Bertz CT molecular complexity index is 453. The lowest BCUT2D eigenvalue weighted by molar-refractivity contribution is -0.117. The number of rotatable bonds is 6. The molecule has 0 radical (unpaired) electrons. The highest BCUT2D eigenvalue weighted by molar-refractivity contribution is 5.92. The van der Waals surface area contributed by atoms with Crippen molar-refractivity contribution in [3.8, 4) is 11.5 Å². The summed E-state index contributed by atoms with van der Waals surface area (Å²) >= 11 is 0. The molecule has 1 N–H and O–H groups in total. The van der Waals surface area contributed by atoms with Crippen molar-refractivity contribution in [1.29, 1.82) is 0 Å². The van der Waals surface area contributed by atoms with E-state index in [1.54, 1.807) is 13.2 Å². The van der Waals surface area contributed by atoms with Crippen LogP contribution in [0.3, 0.4) is 0 Å². The summed E-state index contributed by atoms with van der Waals surface area (Å²) in [6.45, 7) is 2.49. The number of carbonyl (C=O) groups is 1. The summed E-state index contributed by atoms with van der Waals surface area (Å²) in [7, 11) is 1.61. The van der Waals surface area contributed by atoms with E-state index < -0.39 is 0 Å². The van der Waals surface area contributed by atoms with Crippen LogP contribution < -0.4 is 14.8 Å². The minimum Gasteiger partial charge on any atom is -0.497 e. The first-order valence-electron chi connectivity index (χ1n) is 7.33. The zero-order valence-corrected chi connectivity index (χ0v) is 12.3. The lowest BCUT2D eigenvalue weighted by Gasteiger charge is -2.14. The molecule has 0 aliphatic heterocycles. The second kappa shape index (κ2) is 7.17. The molecule has 1 aromatic rings. The molecule has 0 saturated heterocycles. The molecule has 1 fully saturated rings. The SMILES string of the molecule is CCOc1ccc(OC)cc1NC(=O)CC1CCCC1. The molecule has 4 heteroatoms. The Balaban J connectivity index is 2.03. The van der Waals surface area contributed by atoms with Crippen LogP contribution in [0.15, 0.2) is 18.2 Å². The van der Waals surface area contributed by atoms with Crippen LogP contribution in [0.5, 0.6) is 11.5 Å². The molecule has 0 aromatic heterocycles. The first kappa shape index (κ1) is 14.7. The molecule has 1 amide bonds. The average molecular weight is 277 g/mol. The van der Waals surface area contributed by atoms with Crippen molar-refractivity contribution in [2.45, 2.75) is 39.0 Å². The van der Waals surface area contributed by atoms with E-state index in [9.17, 15) is 4.79 Å². The highest BCUT2D eigenvalue weighted by atomic mass is 16.5. The van der Waals surface area contributed by atoms with Gasteiger partial charge in [-0.15, -0.1) is 0 Å². The van der Waals surface area contributed by atoms with Crippen LogP contribution in [0.2, 0.25) is 0 Å². The smallest absolute Gasteiger partial charge is 0.224 e. The van der Waals surface area contributed by atoms with Gasteiger partial charge in [0.1, 0.15) is 11.5 Å². The number of nitrogens with one attached hydrogen (secondary N) is 1. The lowest BCUT2D eigenvalue weighted by atomic mass is 10.0. The van der Waals surface area contributed by atoms with E-state index in [1.807, 2.05) is 19.1 Å². The number of ether oxygens (including phenoxy) is 2. The molecule has 0 heterocycles. The number of benzene rings is 1. The average Bonchev–Trinajstić information content (AvgIpc) is 2.93. The van der Waals surface area contributed by atoms with Gasteiger partial charge in [-0.05, 0) is 37.8 Å². The Labute approximate surface area is 120 Å². The fourth-order valence-corrected chi connectivity index (χ4v) is 2.69. The summed E-state index contributed by atoms with van der Waals surface area (Å²) in [6, 6.07) is 5.46. The van der Waals surface area contributed by atoms with E-state index in [1.165, 1.54) is 25.7 Å². The molecule has 1 aliphatic carbocycles. The van der Waals surface area contributed by atoms with Crippen molar-refractivity contribution < 1.29 is 14.3 Å². The van der Waals surface area contributed by atoms with Crippen LogP contribution in [0.1, 0.15) is 39.0 Å². The molecule has 4 nitrogen and oxygen atoms in total. The number of methoxy groups -OCH3 is 1. The van der Waals surface area contributed by atoms with Crippen molar-refractivity contribution in [2.75, 3.05) is 19.0 Å². The summed E-state index contributed by atoms with van der Waals surface area (Å²) in [5.74, 6) is 2.00. The van der Waals surface area contributed by atoms with Gasteiger partial charge in [0, 0.05) is 12.5 Å². The minimum absolute atomic E-state index is 0.0612. The fourth-order valence-electron chi connectivity index (χ4n) is 2.69. The van der Waals surface area contributed by atoms with Gasteiger partial charge >= 0.3 is 0 Å². The third-order valence-corrected chi connectivity index (χ3v) is 3.71. The van der Waals surface area contributed by atoms with Gasteiger partial charge in [0.05, 0.1) is 19.4 Å². The number of anilines is 1. The molecule has 0 bridgehead atoms. The van der Waals surface area contributed by atoms with E-state index in [0.717, 1.165) is 0 Å². The second-order valence-electron chi connectivity index (χ2n) is 5.20. The normalized spacial score (nSPS) is 15.1. The molecule has 20 heavy (non-hydrogen) atoms. The molecule has 1 aliphatic rings. The first-order valence-corrected chi connectivity index (χ1v) is 7.33. The maximum atomic E-state index is 12.1. The minimum atomic E-state index is 0.0612. The molecular formula is C16H23NO3. The van der Waals surface area contributed by atoms with E-state index in [-0.39, 0.29) is 5.91 Å². The molecule has 0 spiro atoms. The van der Waals surface area contributed by atoms with Gasteiger partial charge in [0.25, 0.3) is 0 Å². The zero-order chi connectivity index (χ0) is 14.4. The van der Waals surface area contributed by atoms with Gasteiger partial charge in [0.2, 0.25) is 5.91 Å².